The number of benzene rings is 4. The van der Waals surface area contributed by atoms with Crippen LogP contribution in [0, 0.1) is 5.92 Å². The van der Waals surface area contributed by atoms with Crippen LogP contribution < -0.4 is 18.9 Å². The molecule has 0 fully saturated rings. The van der Waals surface area contributed by atoms with Gasteiger partial charge in [-0.1, -0.05) is 44.7 Å². The topological polar surface area (TPSA) is 105 Å². The third-order valence-corrected chi connectivity index (χ3v) is 5.89. The van der Waals surface area contributed by atoms with Gasteiger partial charge in [-0.2, -0.15) is 0 Å². The number of rotatable bonds is 9. The molecular formula is C34H28O8. The van der Waals surface area contributed by atoms with Crippen LogP contribution in [0.2, 0.25) is 0 Å². The lowest BCUT2D eigenvalue weighted by Crippen LogP contribution is -2.14. The summed E-state index contributed by atoms with van der Waals surface area (Å²) in [4.78, 5) is 48.5. The minimum Gasteiger partial charge on any atom is -0.426 e. The Hall–Kier alpha value is -5.50. The summed E-state index contributed by atoms with van der Waals surface area (Å²) in [5.74, 6) is -0.946. The molecule has 0 aromatic heterocycles. The first kappa shape index (κ1) is 29.5. The smallest absolute Gasteiger partial charge is 0.343 e. The average molecular weight is 565 g/mol. The van der Waals surface area contributed by atoms with E-state index in [0.717, 1.165) is 11.1 Å². The van der Waals surface area contributed by atoms with E-state index in [1.807, 2.05) is 12.1 Å². The van der Waals surface area contributed by atoms with E-state index in [4.69, 9.17) is 18.9 Å². The molecule has 0 aliphatic heterocycles. The molecule has 0 amide bonds. The Morgan fingerprint density at radius 2 is 0.857 bits per heavy atom. The van der Waals surface area contributed by atoms with Gasteiger partial charge in [-0.3, -0.25) is 4.79 Å². The predicted octanol–water partition coefficient (Wildman–Crippen LogP) is 6.83. The zero-order chi connectivity index (χ0) is 30.2. The van der Waals surface area contributed by atoms with Crippen molar-refractivity contribution in [3.8, 4) is 34.1 Å². The average Bonchev–Trinajstić information content (AvgIpc) is 2.98. The first-order chi connectivity index (χ1) is 20.1. The molecule has 4 aromatic carbocycles. The van der Waals surface area contributed by atoms with E-state index in [1.54, 1.807) is 57.2 Å². The maximum Gasteiger partial charge on any atom is 0.343 e. The Morgan fingerprint density at radius 3 is 1.29 bits per heavy atom. The second kappa shape index (κ2) is 13.2. The summed E-state index contributed by atoms with van der Waals surface area (Å²) >= 11 is 0. The summed E-state index contributed by atoms with van der Waals surface area (Å²) in [7, 11) is 0. The fraction of sp³-hybridized carbons (Fsp3) is 0.118. The number of hydrogen-bond acceptors (Lipinski definition) is 8. The van der Waals surface area contributed by atoms with E-state index in [9.17, 15) is 19.2 Å². The number of ether oxygens (including phenoxy) is 4. The largest absolute Gasteiger partial charge is 0.426 e. The maximum atomic E-state index is 12.7. The van der Waals surface area contributed by atoms with Crippen LogP contribution in [-0.2, 0) is 9.59 Å². The molecule has 0 N–H and O–H groups in total. The summed E-state index contributed by atoms with van der Waals surface area (Å²) in [5, 5.41) is 0. The van der Waals surface area contributed by atoms with E-state index in [-0.39, 0.29) is 34.5 Å². The molecule has 8 heteroatoms. The molecule has 0 heterocycles. The lowest BCUT2D eigenvalue weighted by molar-refractivity contribution is -0.137. The van der Waals surface area contributed by atoms with Crippen LogP contribution >= 0.6 is 0 Å². The van der Waals surface area contributed by atoms with E-state index < -0.39 is 17.9 Å². The SMILES string of the molecule is C=C(C)C(=O)Oc1ccc(OC(=O)c2ccc(OC(=O)c3ccc(-c4ccc(OC(=O)C(C)C)cc4)cc3)cc2)cc1. The number of carbonyl (C=O) groups excluding carboxylic acids is 4. The fourth-order valence-corrected chi connectivity index (χ4v) is 3.51. The van der Waals surface area contributed by atoms with E-state index in [0.29, 0.717) is 17.1 Å². The van der Waals surface area contributed by atoms with E-state index in [1.165, 1.54) is 48.5 Å². The summed E-state index contributed by atoms with van der Waals surface area (Å²) in [6, 6.07) is 26.0. The number of hydrogen-bond donors (Lipinski definition) is 0. The van der Waals surface area contributed by atoms with Gasteiger partial charge in [-0.15, -0.1) is 0 Å². The third kappa shape index (κ3) is 7.79. The first-order valence-corrected chi connectivity index (χ1v) is 13.0. The van der Waals surface area contributed by atoms with Crippen molar-refractivity contribution in [1.29, 1.82) is 0 Å². The van der Waals surface area contributed by atoms with E-state index >= 15 is 0 Å². The summed E-state index contributed by atoms with van der Waals surface area (Å²) < 4.78 is 21.2. The summed E-state index contributed by atoms with van der Waals surface area (Å²) in [6.07, 6.45) is 0. The highest BCUT2D eigenvalue weighted by Gasteiger charge is 2.14. The van der Waals surface area contributed by atoms with Crippen LogP contribution in [0.1, 0.15) is 41.5 Å². The lowest BCUT2D eigenvalue weighted by Gasteiger charge is -2.09. The van der Waals surface area contributed by atoms with E-state index in [2.05, 4.69) is 6.58 Å². The van der Waals surface area contributed by atoms with Crippen molar-refractivity contribution in [3.63, 3.8) is 0 Å². The fourth-order valence-electron chi connectivity index (χ4n) is 3.51. The van der Waals surface area contributed by atoms with Gasteiger partial charge in [0, 0.05) is 5.57 Å². The van der Waals surface area contributed by atoms with Crippen LogP contribution in [0.4, 0.5) is 0 Å². The van der Waals surface area contributed by atoms with Gasteiger partial charge >= 0.3 is 23.9 Å². The standard InChI is InChI=1S/C34H28O8/c1-21(2)31(35)39-27-13-9-24(10-14-27)23-5-7-25(8-6-23)33(37)41-28-15-11-26(12-16-28)34(38)42-30-19-17-29(18-20-30)40-32(36)22(3)4/h5-21H,3H2,1-2,4H3. The van der Waals surface area contributed by atoms with Crippen molar-refractivity contribution in [2.75, 3.05) is 0 Å². The molecule has 4 aromatic rings. The first-order valence-electron chi connectivity index (χ1n) is 13.0. The lowest BCUT2D eigenvalue weighted by atomic mass is 10.0. The van der Waals surface area contributed by atoms with Gasteiger partial charge in [0.2, 0.25) is 0 Å². The zero-order valence-corrected chi connectivity index (χ0v) is 23.3. The molecule has 0 spiro atoms. The maximum absolute atomic E-state index is 12.7. The van der Waals surface area contributed by atoms with Crippen molar-refractivity contribution in [2.24, 2.45) is 5.92 Å². The minimum atomic E-state index is -0.610. The monoisotopic (exact) mass is 564 g/mol. The summed E-state index contributed by atoms with van der Waals surface area (Å²) in [6.45, 7) is 8.60. The highest BCUT2D eigenvalue weighted by molar-refractivity contribution is 5.93. The quantitative estimate of drug-likeness (QED) is 0.124. The molecule has 42 heavy (non-hydrogen) atoms. The number of carbonyl (C=O) groups is 4. The Labute approximate surface area is 243 Å². The van der Waals surface area contributed by atoms with Crippen LogP contribution in [0.25, 0.3) is 11.1 Å². The Balaban J connectivity index is 1.31. The van der Waals surface area contributed by atoms with Gasteiger partial charge in [0.1, 0.15) is 23.0 Å². The highest BCUT2D eigenvalue weighted by Crippen LogP contribution is 2.24. The van der Waals surface area contributed by atoms with Gasteiger partial charge in [0.15, 0.2) is 0 Å². The van der Waals surface area contributed by atoms with Gasteiger partial charge in [0.25, 0.3) is 0 Å². The van der Waals surface area contributed by atoms with Crippen LogP contribution in [-0.4, -0.2) is 23.9 Å². The molecule has 8 nitrogen and oxygen atoms in total. The summed E-state index contributed by atoms with van der Waals surface area (Å²) in [5.41, 5.74) is 2.63. The number of esters is 4. The van der Waals surface area contributed by atoms with Crippen LogP contribution in [0.5, 0.6) is 23.0 Å². The second-order valence-electron chi connectivity index (χ2n) is 9.62. The Kier molecular flexibility index (Phi) is 9.29. The van der Waals surface area contributed by atoms with Crippen LogP contribution in [0.3, 0.4) is 0 Å². The molecular weight excluding hydrogens is 536 g/mol. The minimum absolute atomic E-state index is 0.218. The molecule has 0 saturated carbocycles. The van der Waals surface area contributed by atoms with Crippen molar-refractivity contribution < 1.29 is 38.1 Å². The molecule has 0 radical (unpaired) electrons. The molecule has 0 aliphatic rings. The van der Waals surface area contributed by atoms with Crippen molar-refractivity contribution >= 4 is 23.9 Å². The van der Waals surface area contributed by atoms with Gasteiger partial charge < -0.3 is 18.9 Å². The normalized spacial score (nSPS) is 10.5. The van der Waals surface area contributed by atoms with Gasteiger partial charge in [0.05, 0.1) is 17.0 Å². The van der Waals surface area contributed by atoms with Crippen molar-refractivity contribution in [2.45, 2.75) is 20.8 Å². The zero-order valence-electron chi connectivity index (χ0n) is 23.3. The molecule has 4 rings (SSSR count). The molecule has 0 bridgehead atoms. The van der Waals surface area contributed by atoms with Gasteiger partial charge in [-0.05, 0) is 90.8 Å². The third-order valence-electron chi connectivity index (χ3n) is 5.89. The van der Waals surface area contributed by atoms with Crippen molar-refractivity contribution in [1.82, 2.24) is 0 Å². The molecule has 0 aliphatic carbocycles. The van der Waals surface area contributed by atoms with Crippen molar-refractivity contribution in [3.05, 3.63) is 120 Å². The molecule has 212 valence electrons. The second-order valence-corrected chi connectivity index (χ2v) is 9.62. The molecule has 0 unspecified atom stereocenters. The molecule has 0 saturated heterocycles. The molecule has 0 atom stereocenters. The Bertz CT molecular complexity index is 1600. The Morgan fingerprint density at radius 1 is 0.524 bits per heavy atom. The predicted molar refractivity (Wildman–Crippen MR) is 156 cm³/mol. The highest BCUT2D eigenvalue weighted by atomic mass is 16.5. The van der Waals surface area contributed by atoms with Crippen LogP contribution in [0.15, 0.2) is 109 Å². The van der Waals surface area contributed by atoms with Gasteiger partial charge in [-0.25, -0.2) is 14.4 Å².